The third-order valence-electron chi connectivity index (χ3n) is 7.01. The number of amides is 5. The Morgan fingerprint density at radius 3 is 1.91 bits per heavy atom. The van der Waals surface area contributed by atoms with Crippen molar-refractivity contribution in [1.82, 2.24) is 26.6 Å². The largest absolute Gasteiger partial charge is 0.356 e. The lowest BCUT2D eigenvalue weighted by molar-refractivity contribution is -0.139. The van der Waals surface area contributed by atoms with E-state index in [9.17, 15) is 24.0 Å². The number of hydrogen-bond donors (Lipinski definition) is 6. The Hall–Kier alpha value is -1.86. The molecule has 0 saturated carbocycles. The van der Waals surface area contributed by atoms with Crippen molar-refractivity contribution in [3.8, 4) is 0 Å². The number of nitrogens with one attached hydrogen (secondary N) is 5. The summed E-state index contributed by atoms with van der Waals surface area (Å²) < 4.78 is 0. The van der Waals surface area contributed by atoms with E-state index in [1.54, 1.807) is 28.5 Å². The van der Waals surface area contributed by atoms with E-state index in [4.69, 9.17) is 0 Å². The first-order valence-electron chi connectivity index (χ1n) is 15.0. The van der Waals surface area contributed by atoms with E-state index < -0.39 is 16.7 Å². The Bertz CT molecular complexity index is 936. The Kier molecular flexibility index (Phi) is 20.8. The molecule has 13 heteroatoms. The first-order chi connectivity index (χ1) is 20.1. The summed E-state index contributed by atoms with van der Waals surface area (Å²) in [6.07, 6.45) is 1.99. The van der Waals surface area contributed by atoms with E-state index in [0.717, 1.165) is 5.75 Å². The van der Waals surface area contributed by atoms with Gasteiger partial charge in [-0.2, -0.15) is 12.6 Å². The minimum absolute atomic E-state index is 0.0226. The van der Waals surface area contributed by atoms with Crippen molar-refractivity contribution in [2.45, 2.75) is 86.6 Å². The van der Waals surface area contributed by atoms with Crippen molar-refractivity contribution < 1.29 is 24.0 Å². The molecule has 3 unspecified atom stereocenters. The van der Waals surface area contributed by atoms with Crippen molar-refractivity contribution in [2.24, 2.45) is 16.7 Å². The number of rotatable bonds is 23. The van der Waals surface area contributed by atoms with Gasteiger partial charge in [-0.1, -0.05) is 55.9 Å². The predicted molar refractivity (Wildman–Crippen MR) is 183 cm³/mol. The molecule has 0 bridgehead atoms. The summed E-state index contributed by atoms with van der Waals surface area (Å²) >= 11 is 4.06. The van der Waals surface area contributed by atoms with Crippen LogP contribution < -0.4 is 26.6 Å². The molecule has 10 nitrogen and oxygen atoms in total. The normalized spacial score (nSPS) is 14.5. The summed E-state index contributed by atoms with van der Waals surface area (Å²) in [7, 11) is 3.23. The lowest BCUT2D eigenvalue weighted by atomic mass is 9.67. The highest BCUT2D eigenvalue weighted by Gasteiger charge is 2.45. The van der Waals surface area contributed by atoms with E-state index >= 15 is 0 Å². The maximum Gasteiger partial charge on any atom is 0.246 e. The summed E-state index contributed by atoms with van der Waals surface area (Å²) in [6, 6.07) is -0.0226. The minimum Gasteiger partial charge on any atom is -0.356 e. The topological polar surface area (TPSA) is 146 Å². The second-order valence-corrected chi connectivity index (χ2v) is 14.9. The van der Waals surface area contributed by atoms with E-state index in [0.29, 0.717) is 62.5 Å². The van der Waals surface area contributed by atoms with Crippen LogP contribution in [0, 0.1) is 16.7 Å². The van der Waals surface area contributed by atoms with Gasteiger partial charge in [0.2, 0.25) is 29.5 Å². The van der Waals surface area contributed by atoms with Crippen molar-refractivity contribution in [2.75, 3.05) is 43.4 Å². The van der Waals surface area contributed by atoms with Crippen LogP contribution in [-0.4, -0.2) is 79.0 Å². The lowest BCUT2D eigenvalue weighted by Crippen LogP contribution is -2.49. The molecule has 0 aliphatic heterocycles. The monoisotopic (exact) mass is 661 g/mol. The Labute approximate surface area is 272 Å². The second kappa shape index (κ2) is 21.8. The number of carbonyl (C=O) groups is 5. The molecule has 0 aliphatic rings. The van der Waals surface area contributed by atoms with Crippen LogP contribution in [0.3, 0.4) is 0 Å². The van der Waals surface area contributed by atoms with Crippen LogP contribution in [0.25, 0.3) is 0 Å². The fourth-order valence-electron chi connectivity index (χ4n) is 4.48. The summed E-state index contributed by atoms with van der Waals surface area (Å²) in [6.45, 7) is 18.3. The quantitative estimate of drug-likeness (QED) is 0.0426. The molecule has 0 fully saturated rings. The molecule has 0 aromatic carbocycles. The molecular weight excluding hydrogens is 607 g/mol. The first kappa shape index (κ1) is 41.1. The standard InChI is InChI=1S/C30H55N5O5S3/c1-9-29(7,27(39)34-15-18-43-42-17-14-32-25(37)21(2)3)20-30(8,19-23(6)26(38)35-22(4)5)28(40)33-13-10-12-31-24(36)11-16-41/h22-23,41H,2,9-20H2,1,3-8H3,(H,31,36)(H,32,37)(H,33,40)(H,34,39)(H,35,38). The molecule has 0 aliphatic carbocycles. The Morgan fingerprint density at radius 2 is 1.37 bits per heavy atom. The van der Waals surface area contributed by atoms with Gasteiger partial charge >= 0.3 is 0 Å². The van der Waals surface area contributed by atoms with Gasteiger partial charge in [0.25, 0.3) is 0 Å². The second-order valence-electron chi connectivity index (χ2n) is 11.8. The van der Waals surface area contributed by atoms with Crippen LogP contribution >= 0.6 is 34.2 Å². The molecule has 0 rings (SSSR count). The number of thiol groups is 1. The maximum atomic E-state index is 13.6. The van der Waals surface area contributed by atoms with Gasteiger partial charge in [0.15, 0.2) is 0 Å². The zero-order valence-corrected chi connectivity index (χ0v) is 29.7. The van der Waals surface area contributed by atoms with Crippen molar-refractivity contribution in [3.63, 3.8) is 0 Å². The molecule has 248 valence electrons. The average molecular weight is 662 g/mol. The summed E-state index contributed by atoms with van der Waals surface area (Å²) in [5, 5.41) is 14.5. The van der Waals surface area contributed by atoms with Crippen molar-refractivity contribution in [3.05, 3.63) is 12.2 Å². The van der Waals surface area contributed by atoms with Crippen LogP contribution in [-0.2, 0) is 24.0 Å². The van der Waals surface area contributed by atoms with Gasteiger partial charge in [-0.25, -0.2) is 0 Å². The number of carbonyl (C=O) groups excluding carboxylic acids is 5. The predicted octanol–water partition coefficient (Wildman–Crippen LogP) is 3.48. The molecule has 43 heavy (non-hydrogen) atoms. The van der Waals surface area contributed by atoms with E-state index in [-0.39, 0.29) is 48.4 Å². The molecule has 0 aromatic rings. The highest BCUT2D eigenvalue weighted by molar-refractivity contribution is 8.76. The smallest absolute Gasteiger partial charge is 0.246 e. The Balaban J connectivity index is 5.24. The fraction of sp³-hybridized carbons (Fsp3) is 0.767. The maximum absolute atomic E-state index is 13.6. The van der Waals surface area contributed by atoms with Gasteiger partial charge in [0.1, 0.15) is 0 Å². The number of hydrogen-bond acceptors (Lipinski definition) is 8. The van der Waals surface area contributed by atoms with Crippen LogP contribution in [0.2, 0.25) is 0 Å². The molecule has 0 heterocycles. The van der Waals surface area contributed by atoms with Gasteiger partial charge in [-0.05, 0) is 52.2 Å². The van der Waals surface area contributed by atoms with Crippen LogP contribution in [0.15, 0.2) is 12.2 Å². The van der Waals surface area contributed by atoms with Gasteiger partial charge in [0.05, 0.1) is 0 Å². The zero-order chi connectivity index (χ0) is 33.1. The Morgan fingerprint density at radius 1 is 0.837 bits per heavy atom. The van der Waals surface area contributed by atoms with E-state index in [1.165, 1.54) is 0 Å². The van der Waals surface area contributed by atoms with Gasteiger partial charge in [-0.15, -0.1) is 0 Å². The van der Waals surface area contributed by atoms with Crippen LogP contribution in [0.4, 0.5) is 0 Å². The molecule has 0 spiro atoms. The molecular formula is C30H55N5O5S3. The van der Waals surface area contributed by atoms with E-state index in [1.807, 2.05) is 41.5 Å². The van der Waals surface area contributed by atoms with Gasteiger partial charge < -0.3 is 26.6 Å². The first-order valence-corrected chi connectivity index (χ1v) is 18.2. The fourth-order valence-corrected chi connectivity index (χ4v) is 6.50. The van der Waals surface area contributed by atoms with Crippen LogP contribution in [0.5, 0.6) is 0 Å². The summed E-state index contributed by atoms with van der Waals surface area (Å²) in [5.41, 5.74) is -1.33. The third-order valence-corrected chi connectivity index (χ3v) is 9.64. The zero-order valence-electron chi connectivity index (χ0n) is 27.2. The van der Waals surface area contributed by atoms with Crippen molar-refractivity contribution in [1.29, 1.82) is 0 Å². The SMILES string of the molecule is C=C(C)C(=O)NCCSSCCNC(=O)C(C)(CC)CC(C)(CC(C)C(=O)NC(C)C)C(=O)NCCCNC(=O)CCS. The highest BCUT2D eigenvalue weighted by atomic mass is 33.1. The summed E-state index contributed by atoms with van der Waals surface area (Å²) in [5.74, 6) is 0.777. The molecule has 0 aromatic heterocycles. The highest BCUT2D eigenvalue weighted by Crippen LogP contribution is 2.41. The minimum atomic E-state index is -0.982. The van der Waals surface area contributed by atoms with E-state index in [2.05, 4.69) is 45.8 Å². The van der Waals surface area contributed by atoms with Gasteiger partial charge in [0, 0.05) is 72.5 Å². The third kappa shape index (κ3) is 17.3. The van der Waals surface area contributed by atoms with Crippen molar-refractivity contribution >= 4 is 63.8 Å². The van der Waals surface area contributed by atoms with Gasteiger partial charge in [-0.3, -0.25) is 24.0 Å². The molecule has 0 radical (unpaired) electrons. The lowest BCUT2D eigenvalue weighted by Gasteiger charge is -2.38. The van der Waals surface area contributed by atoms with Crippen LogP contribution in [0.1, 0.15) is 80.6 Å². The molecule has 5 N–H and O–H groups in total. The average Bonchev–Trinajstić information content (AvgIpc) is 2.93. The molecule has 0 saturated heterocycles. The molecule has 5 amide bonds. The summed E-state index contributed by atoms with van der Waals surface area (Å²) in [4.78, 5) is 63.0. The molecule has 3 atom stereocenters.